The Balaban J connectivity index is 1.57. The Morgan fingerprint density at radius 1 is 1.28 bits per heavy atom. The molecular weight excluding hydrogens is 324 g/mol. The van der Waals surface area contributed by atoms with Gasteiger partial charge in [0, 0.05) is 12.3 Å². The summed E-state index contributed by atoms with van der Waals surface area (Å²) in [7, 11) is 0. The van der Waals surface area contributed by atoms with E-state index in [2.05, 4.69) is 10.4 Å². The Hall–Kier alpha value is -3.68. The second-order valence-electron chi connectivity index (χ2n) is 5.17. The third-order valence-electron chi connectivity index (χ3n) is 3.28. The first kappa shape index (κ1) is 16.2. The lowest BCUT2D eigenvalue weighted by atomic mass is 10.2. The maximum atomic E-state index is 11.9. The highest BCUT2D eigenvalue weighted by atomic mass is 16.6. The topological polar surface area (TPSA) is 103 Å². The summed E-state index contributed by atoms with van der Waals surface area (Å²) in [5, 5.41) is 17.4. The first-order valence-corrected chi connectivity index (χ1v) is 7.40. The van der Waals surface area contributed by atoms with Gasteiger partial charge in [0.15, 0.2) is 0 Å². The summed E-state index contributed by atoms with van der Waals surface area (Å²) in [5.41, 5.74) is 1.65. The number of furan rings is 1. The molecule has 1 aromatic carbocycles. The molecule has 0 radical (unpaired) electrons. The summed E-state index contributed by atoms with van der Waals surface area (Å²) in [4.78, 5) is 21.8. The summed E-state index contributed by atoms with van der Waals surface area (Å²) >= 11 is 0. The van der Waals surface area contributed by atoms with Crippen LogP contribution in [0.4, 0.5) is 11.6 Å². The van der Waals surface area contributed by atoms with E-state index in [9.17, 15) is 14.9 Å². The highest BCUT2D eigenvalue weighted by molar-refractivity contribution is 6.01. The van der Waals surface area contributed by atoms with E-state index in [-0.39, 0.29) is 11.6 Å². The molecule has 2 heterocycles. The van der Waals surface area contributed by atoms with Gasteiger partial charge < -0.3 is 9.73 Å². The van der Waals surface area contributed by atoms with E-state index in [1.165, 1.54) is 24.3 Å². The third kappa shape index (κ3) is 4.41. The van der Waals surface area contributed by atoms with Crippen molar-refractivity contribution in [2.45, 2.75) is 6.54 Å². The van der Waals surface area contributed by atoms with Gasteiger partial charge >= 0.3 is 5.88 Å². The van der Waals surface area contributed by atoms with Gasteiger partial charge in [0.1, 0.15) is 10.7 Å². The Morgan fingerprint density at radius 2 is 2.08 bits per heavy atom. The Labute approximate surface area is 142 Å². The molecule has 0 fully saturated rings. The van der Waals surface area contributed by atoms with Crippen LogP contribution in [0.1, 0.15) is 11.3 Å². The van der Waals surface area contributed by atoms with Crippen molar-refractivity contribution in [2.24, 2.45) is 0 Å². The van der Waals surface area contributed by atoms with E-state index < -0.39 is 10.8 Å². The molecule has 0 bridgehead atoms. The smallest absolute Gasteiger partial charge is 0.401 e. The molecule has 1 amide bonds. The summed E-state index contributed by atoms with van der Waals surface area (Å²) in [6.45, 7) is 0.600. The number of hydrogen-bond acceptors (Lipinski definition) is 5. The highest BCUT2D eigenvalue weighted by Gasteiger charge is 2.10. The lowest BCUT2D eigenvalue weighted by Crippen LogP contribution is -2.07. The van der Waals surface area contributed by atoms with Gasteiger partial charge in [-0.1, -0.05) is 30.3 Å². The minimum Gasteiger partial charge on any atom is -0.401 e. The van der Waals surface area contributed by atoms with Crippen molar-refractivity contribution in [3.05, 3.63) is 82.4 Å². The number of nitrogens with one attached hydrogen (secondary N) is 1. The van der Waals surface area contributed by atoms with Crippen LogP contribution in [0.5, 0.6) is 0 Å². The number of carbonyl (C=O) groups is 1. The molecule has 8 nitrogen and oxygen atoms in total. The quantitative estimate of drug-likeness (QED) is 0.422. The zero-order chi connectivity index (χ0) is 17.6. The van der Waals surface area contributed by atoms with E-state index in [1.54, 1.807) is 17.1 Å². The number of carbonyl (C=O) groups excluding carboxylic acids is 1. The van der Waals surface area contributed by atoms with Gasteiger partial charge in [-0.2, -0.15) is 5.10 Å². The molecule has 2 aromatic heterocycles. The second-order valence-corrected chi connectivity index (χ2v) is 5.17. The minimum atomic E-state index is -0.640. The molecule has 0 aliphatic heterocycles. The average molecular weight is 338 g/mol. The Kier molecular flexibility index (Phi) is 4.70. The predicted octanol–water partition coefficient (Wildman–Crippen LogP) is 3.08. The van der Waals surface area contributed by atoms with Crippen LogP contribution < -0.4 is 5.32 Å². The number of hydrogen-bond donors (Lipinski definition) is 1. The average Bonchev–Trinajstić information content (AvgIpc) is 3.23. The van der Waals surface area contributed by atoms with Crippen molar-refractivity contribution in [1.82, 2.24) is 9.78 Å². The number of nitro groups is 1. The van der Waals surface area contributed by atoms with Gasteiger partial charge in [-0.3, -0.25) is 19.6 Å². The number of amides is 1. The standard InChI is InChI=1S/C17H14N4O4/c22-16(8-6-15-7-9-17(25-15)21(23)24)19-14-10-18-20(12-14)11-13-4-2-1-3-5-13/h1-10,12H,11H2,(H,19,22)/b8-6+. The van der Waals surface area contributed by atoms with E-state index in [1.807, 2.05) is 30.3 Å². The SMILES string of the molecule is O=C(/C=C/c1ccc([N+](=O)[O-])o1)Nc1cnn(Cc2ccccc2)c1. The van der Waals surface area contributed by atoms with Crippen molar-refractivity contribution in [2.75, 3.05) is 5.32 Å². The van der Waals surface area contributed by atoms with Crippen LogP contribution in [0, 0.1) is 10.1 Å². The fraction of sp³-hybridized carbons (Fsp3) is 0.0588. The Morgan fingerprint density at radius 3 is 2.80 bits per heavy atom. The van der Waals surface area contributed by atoms with Gasteiger partial charge in [-0.05, 0) is 17.7 Å². The molecule has 25 heavy (non-hydrogen) atoms. The summed E-state index contributed by atoms with van der Waals surface area (Å²) in [5.74, 6) is -0.540. The van der Waals surface area contributed by atoms with Gasteiger partial charge in [0.05, 0.1) is 24.5 Å². The monoisotopic (exact) mass is 338 g/mol. The molecule has 3 rings (SSSR count). The lowest BCUT2D eigenvalue weighted by Gasteiger charge is -2.01. The molecule has 0 aliphatic rings. The molecule has 8 heteroatoms. The summed E-state index contributed by atoms with van der Waals surface area (Å²) < 4.78 is 6.65. The van der Waals surface area contributed by atoms with Crippen LogP contribution in [0.3, 0.4) is 0 Å². The molecule has 126 valence electrons. The summed E-state index contributed by atoms with van der Waals surface area (Å²) in [6.07, 6.45) is 5.86. The predicted molar refractivity (Wildman–Crippen MR) is 90.8 cm³/mol. The van der Waals surface area contributed by atoms with Crippen molar-refractivity contribution in [3.63, 3.8) is 0 Å². The minimum absolute atomic E-state index is 0.224. The van der Waals surface area contributed by atoms with E-state index >= 15 is 0 Å². The maximum Gasteiger partial charge on any atom is 0.433 e. The van der Waals surface area contributed by atoms with Gasteiger partial charge in [0.2, 0.25) is 5.91 Å². The molecule has 0 atom stereocenters. The Bertz CT molecular complexity index is 912. The lowest BCUT2D eigenvalue weighted by molar-refractivity contribution is -0.402. The van der Waals surface area contributed by atoms with Gasteiger partial charge in [-0.25, -0.2) is 0 Å². The van der Waals surface area contributed by atoms with Gasteiger partial charge in [0.25, 0.3) is 0 Å². The molecule has 3 aromatic rings. The number of benzene rings is 1. The largest absolute Gasteiger partial charge is 0.433 e. The molecule has 1 N–H and O–H groups in total. The second kappa shape index (κ2) is 7.26. The number of anilines is 1. The van der Waals surface area contributed by atoms with Crippen molar-refractivity contribution in [3.8, 4) is 0 Å². The molecule has 0 saturated carbocycles. The van der Waals surface area contributed by atoms with Crippen LogP contribution >= 0.6 is 0 Å². The van der Waals surface area contributed by atoms with E-state index in [0.717, 1.165) is 5.56 Å². The van der Waals surface area contributed by atoms with Crippen molar-refractivity contribution >= 4 is 23.6 Å². The normalized spacial score (nSPS) is 10.9. The van der Waals surface area contributed by atoms with Crippen molar-refractivity contribution < 1.29 is 14.1 Å². The fourth-order valence-corrected chi connectivity index (χ4v) is 2.16. The van der Waals surface area contributed by atoms with Gasteiger partial charge in [-0.15, -0.1) is 0 Å². The fourth-order valence-electron chi connectivity index (χ4n) is 2.16. The molecule has 0 aliphatic carbocycles. The number of nitrogens with zero attached hydrogens (tertiary/aromatic N) is 3. The molecule has 0 spiro atoms. The van der Waals surface area contributed by atoms with Crippen LogP contribution in [-0.4, -0.2) is 20.6 Å². The number of aromatic nitrogens is 2. The zero-order valence-corrected chi connectivity index (χ0v) is 13.0. The van der Waals surface area contributed by atoms with Crippen LogP contribution in [0.15, 0.2) is 65.4 Å². The summed E-state index contributed by atoms with van der Waals surface area (Å²) in [6, 6.07) is 12.5. The van der Waals surface area contributed by atoms with Crippen molar-refractivity contribution in [1.29, 1.82) is 0 Å². The van der Waals surface area contributed by atoms with E-state index in [4.69, 9.17) is 4.42 Å². The van der Waals surface area contributed by atoms with E-state index in [0.29, 0.717) is 12.2 Å². The first-order chi connectivity index (χ1) is 12.1. The molecular formula is C17H14N4O4. The third-order valence-corrected chi connectivity index (χ3v) is 3.28. The van der Waals surface area contributed by atoms with Crippen LogP contribution in [0.2, 0.25) is 0 Å². The van der Waals surface area contributed by atoms with Crippen LogP contribution in [0.25, 0.3) is 6.08 Å². The zero-order valence-electron chi connectivity index (χ0n) is 13.0. The first-order valence-electron chi connectivity index (χ1n) is 7.40. The molecule has 0 unspecified atom stereocenters. The number of rotatable bonds is 6. The van der Waals surface area contributed by atoms with Crippen LogP contribution in [-0.2, 0) is 11.3 Å². The molecule has 0 saturated heterocycles. The maximum absolute atomic E-state index is 11.9. The highest BCUT2D eigenvalue weighted by Crippen LogP contribution is 2.16.